The van der Waals surface area contributed by atoms with Gasteiger partial charge in [-0.1, -0.05) is 60.7 Å². The molecule has 2 N–H and O–H groups in total. The number of nitrogens with zero attached hydrogens (tertiary/aromatic N) is 2. The Kier molecular flexibility index (Phi) is 4.76. The van der Waals surface area contributed by atoms with Gasteiger partial charge < -0.3 is 15.0 Å². The van der Waals surface area contributed by atoms with E-state index < -0.39 is 0 Å². The molecule has 2 atom stereocenters. The lowest BCUT2D eigenvalue weighted by atomic mass is 9.86. The van der Waals surface area contributed by atoms with Crippen molar-refractivity contribution in [1.29, 1.82) is 0 Å². The van der Waals surface area contributed by atoms with E-state index in [4.69, 9.17) is 4.74 Å². The average Bonchev–Trinajstić information content (AvgIpc) is 3.00. The lowest BCUT2D eigenvalue weighted by Gasteiger charge is -2.46. The van der Waals surface area contributed by atoms with Gasteiger partial charge in [-0.3, -0.25) is 9.69 Å². The molecule has 2 aliphatic rings. The van der Waals surface area contributed by atoms with E-state index in [2.05, 4.69) is 46.6 Å². The molecule has 4 rings (SSSR count). The molecule has 136 valence electrons. The monoisotopic (exact) mass is 352 g/mol. The van der Waals surface area contributed by atoms with Gasteiger partial charge in [0.25, 0.3) is 0 Å². The molecule has 0 radical (unpaired) electrons. The highest BCUT2D eigenvalue weighted by molar-refractivity contribution is 5.81. The van der Waals surface area contributed by atoms with Crippen molar-refractivity contribution in [2.45, 2.75) is 18.2 Å². The maximum Gasteiger partial charge on any atom is 0.238 e. The Morgan fingerprint density at radius 2 is 1.81 bits per heavy atom. The number of quaternary nitrogens is 1. The van der Waals surface area contributed by atoms with Crippen LogP contribution in [0.4, 0.5) is 0 Å². The van der Waals surface area contributed by atoms with E-state index in [1.165, 1.54) is 11.1 Å². The number of hydrogen-bond donors (Lipinski definition) is 1. The number of nitrogens with two attached hydrogens (primary N) is 1. The average molecular weight is 352 g/mol. The fourth-order valence-electron chi connectivity index (χ4n) is 4.43. The summed E-state index contributed by atoms with van der Waals surface area (Å²) in [6, 6.07) is 20.7. The van der Waals surface area contributed by atoms with Crippen LogP contribution in [0.15, 0.2) is 60.7 Å². The van der Waals surface area contributed by atoms with Crippen LogP contribution < -0.4 is 5.32 Å². The first-order valence-corrected chi connectivity index (χ1v) is 9.21. The molecule has 1 amide bonds. The van der Waals surface area contributed by atoms with Crippen LogP contribution in [0.5, 0.6) is 0 Å². The number of carbonyl (C=O) groups is 1. The SMILES string of the molecule is COCC1(c2ccccc2)C[NH2+]CC2N(Cc3ccccc3)C(=O)CN21. The molecule has 2 aromatic carbocycles. The van der Waals surface area contributed by atoms with Crippen molar-refractivity contribution in [3.63, 3.8) is 0 Å². The van der Waals surface area contributed by atoms with Gasteiger partial charge in [0.1, 0.15) is 24.8 Å². The highest BCUT2D eigenvalue weighted by Crippen LogP contribution is 2.35. The zero-order valence-corrected chi connectivity index (χ0v) is 15.2. The Morgan fingerprint density at radius 1 is 1.12 bits per heavy atom. The van der Waals surface area contributed by atoms with Gasteiger partial charge in [-0.15, -0.1) is 0 Å². The van der Waals surface area contributed by atoms with Gasteiger partial charge in [0.2, 0.25) is 5.91 Å². The van der Waals surface area contributed by atoms with Crippen molar-refractivity contribution in [3.8, 4) is 0 Å². The molecule has 2 aliphatic heterocycles. The molecule has 2 heterocycles. The molecule has 5 heteroatoms. The largest absolute Gasteiger partial charge is 0.382 e. The molecule has 0 spiro atoms. The Bertz CT molecular complexity index is 748. The third kappa shape index (κ3) is 2.92. The van der Waals surface area contributed by atoms with E-state index in [1.807, 2.05) is 29.2 Å². The summed E-state index contributed by atoms with van der Waals surface area (Å²) in [7, 11) is 1.74. The van der Waals surface area contributed by atoms with Crippen molar-refractivity contribution in [2.24, 2.45) is 0 Å². The highest BCUT2D eigenvalue weighted by atomic mass is 16.5. The van der Waals surface area contributed by atoms with Crippen molar-refractivity contribution in [2.75, 3.05) is 33.4 Å². The van der Waals surface area contributed by atoms with E-state index in [-0.39, 0.29) is 17.6 Å². The van der Waals surface area contributed by atoms with E-state index in [0.717, 1.165) is 13.1 Å². The van der Waals surface area contributed by atoms with Crippen LogP contribution >= 0.6 is 0 Å². The molecule has 26 heavy (non-hydrogen) atoms. The molecule has 2 aromatic rings. The topological polar surface area (TPSA) is 49.4 Å². The summed E-state index contributed by atoms with van der Waals surface area (Å²) in [6.45, 7) is 3.48. The number of amides is 1. The third-order valence-electron chi connectivity index (χ3n) is 5.64. The van der Waals surface area contributed by atoms with Gasteiger partial charge in [0, 0.05) is 13.7 Å². The molecule has 2 unspecified atom stereocenters. The van der Waals surface area contributed by atoms with Gasteiger partial charge in [-0.2, -0.15) is 0 Å². The normalized spacial score (nSPS) is 26.1. The standard InChI is InChI=1S/C21H25N3O2/c1-26-16-21(18-10-6-3-7-11-18)15-22-12-19-23(20(25)14-24(19)21)13-17-8-4-2-5-9-17/h2-11,19,22H,12-16H2,1H3/p+1. The first-order valence-electron chi connectivity index (χ1n) is 9.21. The van der Waals surface area contributed by atoms with Gasteiger partial charge in [-0.25, -0.2) is 0 Å². The summed E-state index contributed by atoms with van der Waals surface area (Å²) in [5.74, 6) is 0.200. The second-order valence-corrected chi connectivity index (χ2v) is 7.17. The van der Waals surface area contributed by atoms with Crippen LogP contribution in [-0.4, -0.2) is 55.2 Å². The lowest BCUT2D eigenvalue weighted by molar-refractivity contribution is -0.686. The van der Waals surface area contributed by atoms with Crippen LogP contribution in [0.1, 0.15) is 11.1 Å². The minimum absolute atomic E-state index is 0.0896. The Labute approximate surface area is 154 Å². The number of benzene rings is 2. The predicted molar refractivity (Wildman–Crippen MR) is 99.1 cm³/mol. The van der Waals surface area contributed by atoms with Crippen molar-refractivity contribution in [3.05, 3.63) is 71.8 Å². The van der Waals surface area contributed by atoms with Gasteiger partial charge >= 0.3 is 0 Å². The molecule has 0 bridgehead atoms. The van der Waals surface area contributed by atoms with Crippen LogP contribution in [0.3, 0.4) is 0 Å². The molecule has 0 aromatic heterocycles. The van der Waals surface area contributed by atoms with Crippen LogP contribution in [0.2, 0.25) is 0 Å². The molecular formula is C21H26N3O2+. The second kappa shape index (κ2) is 7.19. The van der Waals surface area contributed by atoms with Crippen LogP contribution in [0, 0.1) is 0 Å². The predicted octanol–water partition coefficient (Wildman–Crippen LogP) is 0.776. The van der Waals surface area contributed by atoms with Crippen molar-refractivity contribution >= 4 is 5.91 Å². The number of hydrogen-bond acceptors (Lipinski definition) is 3. The Hall–Kier alpha value is -2.21. The van der Waals surface area contributed by atoms with E-state index >= 15 is 0 Å². The molecule has 0 aliphatic carbocycles. The van der Waals surface area contributed by atoms with E-state index in [1.54, 1.807) is 7.11 Å². The zero-order valence-electron chi connectivity index (χ0n) is 15.2. The Morgan fingerprint density at radius 3 is 2.50 bits per heavy atom. The third-order valence-corrected chi connectivity index (χ3v) is 5.64. The summed E-state index contributed by atoms with van der Waals surface area (Å²) in [5, 5.41) is 2.32. The number of fused-ring (bicyclic) bond motifs is 1. The first-order chi connectivity index (χ1) is 12.7. The fraction of sp³-hybridized carbons (Fsp3) is 0.381. The van der Waals surface area contributed by atoms with Gasteiger partial charge in [0.15, 0.2) is 0 Å². The van der Waals surface area contributed by atoms with Gasteiger partial charge in [-0.05, 0) is 11.1 Å². The number of ether oxygens (including phenoxy) is 1. The van der Waals surface area contributed by atoms with E-state index in [9.17, 15) is 4.79 Å². The summed E-state index contributed by atoms with van der Waals surface area (Å²) in [6.07, 6.45) is 0.0896. The van der Waals surface area contributed by atoms with Crippen LogP contribution in [0.25, 0.3) is 0 Å². The van der Waals surface area contributed by atoms with Gasteiger partial charge in [0.05, 0.1) is 13.2 Å². The molecule has 5 nitrogen and oxygen atoms in total. The minimum Gasteiger partial charge on any atom is -0.382 e. The number of piperazine rings is 1. The van der Waals surface area contributed by atoms with Crippen molar-refractivity contribution < 1.29 is 14.8 Å². The molecule has 0 saturated carbocycles. The number of methoxy groups -OCH3 is 1. The number of rotatable bonds is 5. The van der Waals surface area contributed by atoms with E-state index in [0.29, 0.717) is 19.7 Å². The summed E-state index contributed by atoms with van der Waals surface area (Å²) < 4.78 is 5.64. The molecule has 2 fully saturated rings. The minimum atomic E-state index is -0.278. The van der Waals surface area contributed by atoms with Crippen molar-refractivity contribution in [1.82, 2.24) is 9.80 Å². The highest BCUT2D eigenvalue weighted by Gasteiger charge is 2.54. The second-order valence-electron chi connectivity index (χ2n) is 7.17. The summed E-state index contributed by atoms with van der Waals surface area (Å²) >= 11 is 0. The first kappa shape index (κ1) is 17.2. The molecular weight excluding hydrogens is 326 g/mol. The Balaban J connectivity index is 1.67. The molecule has 2 saturated heterocycles. The summed E-state index contributed by atoms with van der Waals surface area (Å²) in [4.78, 5) is 17.3. The lowest BCUT2D eigenvalue weighted by Crippen LogP contribution is -2.96. The summed E-state index contributed by atoms with van der Waals surface area (Å²) in [5.41, 5.74) is 2.11. The maximum absolute atomic E-state index is 12.9. The van der Waals surface area contributed by atoms with Crippen LogP contribution in [-0.2, 0) is 21.6 Å². The number of carbonyl (C=O) groups excluding carboxylic acids is 1. The quantitative estimate of drug-likeness (QED) is 0.865. The zero-order chi connectivity index (χ0) is 18.0. The maximum atomic E-state index is 12.9. The smallest absolute Gasteiger partial charge is 0.238 e. The fourth-order valence-corrected chi connectivity index (χ4v) is 4.43.